The van der Waals surface area contributed by atoms with E-state index in [4.69, 9.17) is 0 Å². The standard InChI is InChI=1S/C31H38N4OS2/c36-30-28(20-27-21-32-25-33-22-27)23-35(31(34-30)38-24-29-17-13-19-37-29)18-12-7-5-3-1-2-4-6-9-14-26-15-10-8-11-16-26/h8,10-11,13,15-17,19,21-23,25H,1-7,9,12,14,18,20,24H2. The number of nitrogens with zero attached hydrogens (tertiary/aromatic N) is 4. The van der Waals surface area contributed by atoms with E-state index in [0.717, 1.165) is 29.4 Å². The summed E-state index contributed by atoms with van der Waals surface area (Å²) in [5.74, 6) is 0.835. The monoisotopic (exact) mass is 546 g/mol. The van der Waals surface area contributed by atoms with Crippen molar-refractivity contribution in [2.45, 2.75) is 88.1 Å². The second-order valence-corrected chi connectivity index (χ2v) is 11.7. The van der Waals surface area contributed by atoms with Crippen LogP contribution in [0.5, 0.6) is 0 Å². The summed E-state index contributed by atoms with van der Waals surface area (Å²) >= 11 is 3.39. The zero-order valence-corrected chi connectivity index (χ0v) is 23.8. The number of hydrogen-bond acceptors (Lipinski definition) is 6. The van der Waals surface area contributed by atoms with Gasteiger partial charge in [0.05, 0.1) is 0 Å². The Morgan fingerprint density at radius 2 is 1.50 bits per heavy atom. The maximum absolute atomic E-state index is 12.8. The molecule has 0 radical (unpaired) electrons. The largest absolute Gasteiger partial charge is 0.327 e. The first-order chi connectivity index (χ1) is 18.8. The van der Waals surface area contributed by atoms with Crippen molar-refractivity contribution >= 4 is 23.1 Å². The molecule has 0 N–H and O–H groups in total. The van der Waals surface area contributed by atoms with Gasteiger partial charge in [0.1, 0.15) is 6.33 Å². The number of thiophene rings is 1. The first-order valence-corrected chi connectivity index (χ1v) is 15.7. The molecule has 7 heteroatoms. The molecule has 4 rings (SSSR count). The maximum Gasteiger partial charge on any atom is 0.277 e. The molecule has 0 aliphatic heterocycles. The number of aromatic nitrogens is 4. The topological polar surface area (TPSA) is 60.7 Å². The summed E-state index contributed by atoms with van der Waals surface area (Å²) in [5.41, 5.74) is 2.94. The van der Waals surface area contributed by atoms with E-state index >= 15 is 0 Å². The van der Waals surface area contributed by atoms with Crippen LogP contribution in [0.2, 0.25) is 0 Å². The average molecular weight is 547 g/mol. The number of unbranched alkanes of at least 4 members (excludes halogenated alkanes) is 8. The Balaban J connectivity index is 1.19. The van der Waals surface area contributed by atoms with Gasteiger partial charge in [-0.25, -0.2) is 9.97 Å². The summed E-state index contributed by atoms with van der Waals surface area (Å²) in [6.45, 7) is 0.887. The number of aryl methyl sites for hydroxylation is 2. The molecule has 0 aliphatic carbocycles. The minimum Gasteiger partial charge on any atom is -0.327 e. The van der Waals surface area contributed by atoms with Gasteiger partial charge in [0, 0.05) is 47.7 Å². The molecule has 0 amide bonds. The van der Waals surface area contributed by atoms with Crippen LogP contribution in [0.3, 0.4) is 0 Å². The third-order valence-electron chi connectivity index (χ3n) is 6.67. The van der Waals surface area contributed by atoms with E-state index in [1.807, 2.05) is 6.20 Å². The van der Waals surface area contributed by atoms with Crippen LogP contribution in [0, 0.1) is 0 Å². The smallest absolute Gasteiger partial charge is 0.277 e. The van der Waals surface area contributed by atoms with Gasteiger partial charge in [0.15, 0.2) is 5.16 Å². The molecule has 38 heavy (non-hydrogen) atoms. The molecule has 4 aromatic rings. The van der Waals surface area contributed by atoms with Gasteiger partial charge in [-0.3, -0.25) is 4.79 Å². The van der Waals surface area contributed by atoms with Crippen molar-refractivity contribution in [1.29, 1.82) is 0 Å². The number of benzene rings is 1. The lowest BCUT2D eigenvalue weighted by Gasteiger charge is -2.14. The van der Waals surface area contributed by atoms with Crippen molar-refractivity contribution < 1.29 is 0 Å². The van der Waals surface area contributed by atoms with E-state index in [1.165, 1.54) is 74.6 Å². The highest BCUT2D eigenvalue weighted by atomic mass is 32.2. The van der Waals surface area contributed by atoms with Crippen molar-refractivity contribution in [3.63, 3.8) is 0 Å². The molecule has 0 aliphatic rings. The summed E-state index contributed by atoms with van der Waals surface area (Å²) in [7, 11) is 0. The van der Waals surface area contributed by atoms with Gasteiger partial charge in [-0.2, -0.15) is 4.98 Å². The van der Waals surface area contributed by atoms with E-state index in [2.05, 4.69) is 67.4 Å². The molecule has 0 spiro atoms. The summed E-state index contributed by atoms with van der Waals surface area (Å²) in [4.78, 5) is 26.7. The van der Waals surface area contributed by atoms with Crippen LogP contribution >= 0.6 is 23.1 Å². The van der Waals surface area contributed by atoms with Gasteiger partial charge >= 0.3 is 0 Å². The van der Waals surface area contributed by atoms with Crippen LogP contribution in [-0.2, 0) is 25.1 Å². The zero-order chi connectivity index (χ0) is 26.3. The molecule has 5 nitrogen and oxygen atoms in total. The predicted molar refractivity (Wildman–Crippen MR) is 159 cm³/mol. The highest BCUT2D eigenvalue weighted by Crippen LogP contribution is 2.24. The van der Waals surface area contributed by atoms with Crippen LogP contribution < -0.4 is 5.56 Å². The van der Waals surface area contributed by atoms with Crippen LogP contribution in [0.1, 0.15) is 79.4 Å². The Morgan fingerprint density at radius 3 is 2.21 bits per heavy atom. The molecule has 0 fully saturated rings. The number of rotatable bonds is 17. The van der Waals surface area contributed by atoms with Gasteiger partial charge in [-0.1, -0.05) is 93.1 Å². The highest BCUT2D eigenvalue weighted by Gasteiger charge is 2.11. The van der Waals surface area contributed by atoms with Gasteiger partial charge in [-0.15, -0.1) is 11.3 Å². The Kier molecular flexibility index (Phi) is 12.1. The van der Waals surface area contributed by atoms with Gasteiger partial charge in [0.25, 0.3) is 5.56 Å². The van der Waals surface area contributed by atoms with Crippen LogP contribution in [-0.4, -0.2) is 19.5 Å². The molecular formula is C31H38N4OS2. The molecule has 0 atom stereocenters. The predicted octanol–water partition coefficient (Wildman–Crippen LogP) is 7.73. The van der Waals surface area contributed by atoms with E-state index in [1.54, 1.807) is 35.5 Å². The summed E-state index contributed by atoms with van der Waals surface area (Å²) < 4.78 is 2.19. The summed E-state index contributed by atoms with van der Waals surface area (Å²) in [5, 5.41) is 2.90. The Morgan fingerprint density at radius 1 is 0.789 bits per heavy atom. The molecule has 200 valence electrons. The molecule has 3 heterocycles. The molecule has 1 aromatic carbocycles. The van der Waals surface area contributed by atoms with Crippen molar-refractivity contribution in [1.82, 2.24) is 19.5 Å². The number of thioether (sulfide) groups is 1. The fourth-order valence-corrected chi connectivity index (χ4v) is 6.35. The minimum atomic E-state index is -0.150. The first kappa shape index (κ1) is 28.2. The van der Waals surface area contributed by atoms with Gasteiger partial charge in [0.2, 0.25) is 0 Å². The second kappa shape index (κ2) is 16.2. The van der Waals surface area contributed by atoms with Crippen LogP contribution in [0.15, 0.2) is 82.7 Å². The average Bonchev–Trinajstić information content (AvgIpc) is 3.47. The highest BCUT2D eigenvalue weighted by molar-refractivity contribution is 7.98. The van der Waals surface area contributed by atoms with Gasteiger partial charge < -0.3 is 4.57 Å². The third kappa shape index (κ3) is 9.84. The first-order valence-electron chi connectivity index (χ1n) is 13.8. The van der Waals surface area contributed by atoms with Gasteiger partial charge in [-0.05, 0) is 41.8 Å². The summed E-state index contributed by atoms with van der Waals surface area (Å²) in [6.07, 6.45) is 20.3. The molecule has 0 bridgehead atoms. The Bertz CT molecular complexity index is 1240. The lowest BCUT2D eigenvalue weighted by atomic mass is 10.0. The normalized spacial score (nSPS) is 11.2. The summed E-state index contributed by atoms with van der Waals surface area (Å²) in [6, 6.07) is 15.0. The van der Waals surface area contributed by atoms with E-state index in [-0.39, 0.29) is 5.56 Å². The molecule has 0 saturated carbocycles. The number of hydrogen-bond donors (Lipinski definition) is 0. The zero-order valence-electron chi connectivity index (χ0n) is 22.1. The lowest BCUT2D eigenvalue weighted by molar-refractivity contribution is 0.512. The molecule has 0 unspecified atom stereocenters. The van der Waals surface area contributed by atoms with Crippen molar-refractivity contribution in [3.8, 4) is 0 Å². The van der Waals surface area contributed by atoms with Crippen LogP contribution in [0.25, 0.3) is 0 Å². The maximum atomic E-state index is 12.8. The van der Waals surface area contributed by atoms with E-state index < -0.39 is 0 Å². The van der Waals surface area contributed by atoms with Crippen molar-refractivity contribution in [2.24, 2.45) is 0 Å². The van der Waals surface area contributed by atoms with E-state index in [9.17, 15) is 4.79 Å². The quantitative estimate of drug-likeness (QED) is 0.0770. The SMILES string of the molecule is O=c1nc(SCc2cccs2)n(CCCCCCCCCCCc2ccccc2)cc1Cc1cncnc1. The minimum absolute atomic E-state index is 0.150. The molecule has 0 saturated heterocycles. The fourth-order valence-electron chi connectivity index (χ4n) is 4.58. The molecular weight excluding hydrogens is 509 g/mol. The Hall–Kier alpha value is -2.77. The Labute approximate surface area is 234 Å². The third-order valence-corrected chi connectivity index (χ3v) is 8.77. The molecule has 3 aromatic heterocycles. The van der Waals surface area contributed by atoms with Crippen LogP contribution in [0.4, 0.5) is 0 Å². The lowest BCUT2D eigenvalue weighted by Crippen LogP contribution is -2.20. The van der Waals surface area contributed by atoms with E-state index in [0.29, 0.717) is 12.0 Å². The van der Waals surface area contributed by atoms with Crippen molar-refractivity contribution in [3.05, 3.63) is 105 Å². The fraction of sp³-hybridized carbons (Fsp3) is 0.419. The van der Waals surface area contributed by atoms with Crippen molar-refractivity contribution in [2.75, 3.05) is 0 Å². The second-order valence-electron chi connectivity index (χ2n) is 9.76.